The lowest BCUT2D eigenvalue weighted by Crippen LogP contribution is -2.36. The molecule has 2 aliphatic carbocycles. The minimum atomic E-state index is 0.538. The molecule has 1 nitrogen and oxygen atoms in total. The van der Waals surface area contributed by atoms with Crippen molar-refractivity contribution >= 4 is 0 Å². The van der Waals surface area contributed by atoms with Crippen molar-refractivity contribution in [1.82, 2.24) is 0 Å². The van der Waals surface area contributed by atoms with Crippen LogP contribution in [0.3, 0.4) is 0 Å². The normalized spacial score (nSPS) is 42.8. The summed E-state index contributed by atoms with van der Waals surface area (Å²) in [7, 11) is 0. The summed E-state index contributed by atoms with van der Waals surface area (Å²) in [5, 5.41) is 0. The fraction of sp³-hybridized carbons (Fsp3) is 0.867. The number of ether oxygens (including phenoxy) is 1. The van der Waals surface area contributed by atoms with Gasteiger partial charge in [0.2, 0.25) is 0 Å². The summed E-state index contributed by atoms with van der Waals surface area (Å²) < 4.78 is 5.31. The third-order valence-corrected chi connectivity index (χ3v) is 4.64. The van der Waals surface area contributed by atoms with Crippen molar-refractivity contribution in [1.29, 1.82) is 0 Å². The minimum absolute atomic E-state index is 0.538. The van der Waals surface area contributed by atoms with Crippen LogP contribution < -0.4 is 0 Å². The van der Waals surface area contributed by atoms with Gasteiger partial charge in [-0.25, -0.2) is 0 Å². The molecule has 16 heavy (non-hydrogen) atoms. The van der Waals surface area contributed by atoms with E-state index in [0.29, 0.717) is 5.41 Å². The molecule has 0 aromatic heterocycles. The van der Waals surface area contributed by atoms with Crippen LogP contribution in [-0.4, -0.2) is 6.61 Å². The highest BCUT2D eigenvalue weighted by Crippen LogP contribution is 2.51. The number of rotatable bonds is 4. The standard InChI is InChI=1S/C15H26O/c1-4-16-6-5-15(3)10-13-7-12(2)8-14(9-13)11-15/h4,12-14H,1,5-11H2,2-3H3. The van der Waals surface area contributed by atoms with E-state index in [1.165, 1.54) is 38.5 Å². The summed E-state index contributed by atoms with van der Waals surface area (Å²) >= 11 is 0. The predicted molar refractivity (Wildman–Crippen MR) is 68.1 cm³/mol. The van der Waals surface area contributed by atoms with Crippen LogP contribution in [-0.2, 0) is 4.74 Å². The first-order chi connectivity index (χ1) is 7.61. The van der Waals surface area contributed by atoms with Gasteiger partial charge in [-0.1, -0.05) is 20.4 Å². The van der Waals surface area contributed by atoms with E-state index >= 15 is 0 Å². The van der Waals surface area contributed by atoms with Gasteiger partial charge in [0.05, 0.1) is 12.9 Å². The second-order valence-corrected chi connectivity index (χ2v) is 6.55. The van der Waals surface area contributed by atoms with E-state index in [2.05, 4.69) is 20.4 Å². The molecule has 1 heteroatoms. The fourth-order valence-electron chi connectivity index (χ4n) is 4.30. The van der Waals surface area contributed by atoms with Gasteiger partial charge in [-0.2, -0.15) is 0 Å². The number of fused-ring (bicyclic) bond motifs is 2. The Morgan fingerprint density at radius 2 is 1.88 bits per heavy atom. The predicted octanol–water partition coefficient (Wildman–Crippen LogP) is 4.39. The molecule has 0 aliphatic heterocycles. The highest BCUT2D eigenvalue weighted by Gasteiger charge is 2.40. The lowest BCUT2D eigenvalue weighted by molar-refractivity contribution is 0.0282. The van der Waals surface area contributed by atoms with Crippen molar-refractivity contribution in [3.63, 3.8) is 0 Å². The first kappa shape index (κ1) is 12.0. The van der Waals surface area contributed by atoms with E-state index in [1.807, 2.05) is 0 Å². The zero-order valence-corrected chi connectivity index (χ0v) is 10.9. The van der Waals surface area contributed by atoms with E-state index < -0.39 is 0 Å². The Bertz CT molecular complexity index is 228. The van der Waals surface area contributed by atoms with E-state index in [9.17, 15) is 0 Å². The summed E-state index contributed by atoms with van der Waals surface area (Å²) in [6, 6.07) is 0. The van der Waals surface area contributed by atoms with E-state index in [4.69, 9.17) is 4.74 Å². The van der Waals surface area contributed by atoms with E-state index in [0.717, 1.165) is 24.4 Å². The molecule has 0 amide bonds. The van der Waals surface area contributed by atoms with Crippen molar-refractivity contribution < 1.29 is 4.74 Å². The van der Waals surface area contributed by atoms with Crippen molar-refractivity contribution in [2.45, 2.75) is 52.4 Å². The van der Waals surface area contributed by atoms with Crippen LogP contribution in [0.4, 0.5) is 0 Å². The smallest absolute Gasteiger partial charge is 0.0878 e. The van der Waals surface area contributed by atoms with Crippen LogP contribution in [0.1, 0.15) is 52.4 Å². The molecule has 0 heterocycles. The maximum atomic E-state index is 5.31. The first-order valence-corrected chi connectivity index (χ1v) is 6.84. The Labute approximate surface area is 100 Å². The van der Waals surface area contributed by atoms with Crippen LogP contribution in [0.2, 0.25) is 0 Å². The summed E-state index contributed by atoms with van der Waals surface area (Å²) in [5.74, 6) is 2.96. The number of hydrogen-bond donors (Lipinski definition) is 0. The van der Waals surface area contributed by atoms with Gasteiger partial charge >= 0.3 is 0 Å². The lowest BCUT2D eigenvalue weighted by Gasteiger charge is -2.47. The summed E-state index contributed by atoms with van der Waals surface area (Å²) in [6.45, 7) is 9.37. The molecule has 0 aromatic carbocycles. The van der Waals surface area contributed by atoms with Gasteiger partial charge < -0.3 is 4.74 Å². The number of hydrogen-bond acceptors (Lipinski definition) is 1. The summed E-state index contributed by atoms with van der Waals surface area (Å²) in [5.41, 5.74) is 0.538. The molecular weight excluding hydrogens is 196 g/mol. The SMILES string of the molecule is C=COCCC1(C)CC2CC(C)CC(C2)C1. The average Bonchev–Trinajstić information content (AvgIpc) is 2.15. The molecule has 2 bridgehead atoms. The third kappa shape index (κ3) is 2.81. The Hall–Kier alpha value is -0.460. The van der Waals surface area contributed by atoms with Crippen LogP contribution in [0, 0.1) is 23.2 Å². The van der Waals surface area contributed by atoms with Crippen LogP contribution in [0.25, 0.3) is 0 Å². The fourth-order valence-corrected chi connectivity index (χ4v) is 4.30. The Kier molecular flexibility index (Phi) is 3.61. The topological polar surface area (TPSA) is 9.23 Å². The highest BCUT2D eigenvalue weighted by atomic mass is 16.5. The van der Waals surface area contributed by atoms with Gasteiger partial charge in [-0.15, -0.1) is 0 Å². The van der Waals surface area contributed by atoms with Crippen molar-refractivity contribution in [3.05, 3.63) is 12.8 Å². The molecule has 2 aliphatic rings. The largest absolute Gasteiger partial charge is 0.502 e. The zero-order valence-electron chi connectivity index (χ0n) is 10.9. The molecule has 0 radical (unpaired) electrons. The summed E-state index contributed by atoms with van der Waals surface area (Å²) in [6.07, 6.45) is 10.1. The van der Waals surface area contributed by atoms with Gasteiger partial charge in [0, 0.05) is 0 Å². The third-order valence-electron chi connectivity index (χ3n) is 4.64. The second-order valence-electron chi connectivity index (χ2n) is 6.55. The Morgan fingerprint density at radius 1 is 1.25 bits per heavy atom. The molecule has 2 rings (SSSR count). The van der Waals surface area contributed by atoms with Crippen LogP contribution >= 0.6 is 0 Å². The van der Waals surface area contributed by atoms with Crippen LogP contribution in [0.15, 0.2) is 12.8 Å². The Balaban J connectivity index is 1.90. The monoisotopic (exact) mass is 222 g/mol. The van der Waals surface area contributed by atoms with Crippen molar-refractivity contribution in [2.75, 3.05) is 6.61 Å². The molecule has 0 aromatic rings. The molecule has 0 spiro atoms. The molecule has 2 atom stereocenters. The Morgan fingerprint density at radius 3 is 2.44 bits per heavy atom. The minimum Gasteiger partial charge on any atom is -0.502 e. The molecule has 0 saturated heterocycles. The van der Waals surface area contributed by atoms with Gasteiger partial charge in [0.15, 0.2) is 0 Å². The molecule has 0 N–H and O–H groups in total. The van der Waals surface area contributed by atoms with Gasteiger partial charge in [0.1, 0.15) is 0 Å². The quantitative estimate of drug-likeness (QED) is 0.506. The van der Waals surface area contributed by atoms with Crippen LogP contribution in [0.5, 0.6) is 0 Å². The van der Waals surface area contributed by atoms with Gasteiger partial charge in [-0.3, -0.25) is 0 Å². The average molecular weight is 222 g/mol. The lowest BCUT2D eigenvalue weighted by atomic mass is 9.59. The second kappa shape index (κ2) is 4.81. The first-order valence-electron chi connectivity index (χ1n) is 6.84. The maximum Gasteiger partial charge on any atom is 0.0878 e. The summed E-state index contributed by atoms with van der Waals surface area (Å²) in [4.78, 5) is 0. The molecular formula is C15H26O. The maximum absolute atomic E-state index is 5.31. The van der Waals surface area contributed by atoms with Crippen molar-refractivity contribution in [2.24, 2.45) is 23.2 Å². The zero-order chi connectivity index (χ0) is 11.6. The molecule has 92 valence electrons. The molecule has 2 unspecified atom stereocenters. The van der Waals surface area contributed by atoms with E-state index in [1.54, 1.807) is 6.26 Å². The van der Waals surface area contributed by atoms with Gasteiger partial charge in [-0.05, 0) is 61.7 Å². The highest BCUT2D eigenvalue weighted by molar-refractivity contribution is 4.91. The van der Waals surface area contributed by atoms with Crippen molar-refractivity contribution in [3.8, 4) is 0 Å². The van der Waals surface area contributed by atoms with Gasteiger partial charge in [0.25, 0.3) is 0 Å². The molecule has 2 saturated carbocycles. The molecule has 2 fully saturated rings. The van der Waals surface area contributed by atoms with E-state index in [-0.39, 0.29) is 0 Å².